The summed E-state index contributed by atoms with van der Waals surface area (Å²) in [4.78, 5) is 11.2. The van der Waals surface area contributed by atoms with Gasteiger partial charge in [0.1, 0.15) is 11.5 Å². The van der Waals surface area contributed by atoms with Crippen molar-refractivity contribution in [2.24, 2.45) is 5.73 Å². The number of aromatic nitrogens is 3. The number of unbranched alkanes of at least 4 members (excludes halogenated alkanes) is 1. The highest BCUT2D eigenvalue weighted by Crippen LogP contribution is 2.22. The SMILES string of the molecule is CCCCOCc1ccc(-c2n[nH]nc2C(N)=O)cc1F. The van der Waals surface area contributed by atoms with Gasteiger partial charge in [-0.3, -0.25) is 4.79 Å². The van der Waals surface area contributed by atoms with Crippen LogP contribution < -0.4 is 5.73 Å². The number of primary amides is 1. The quantitative estimate of drug-likeness (QED) is 0.763. The standard InChI is InChI=1S/C14H17FN4O2/c1-2-3-6-21-8-10-5-4-9(7-11(10)15)12-13(14(16)20)18-19-17-12/h4-5,7H,2-3,6,8H2,1H3,(H2,16,20)(H,17,18,19). The van der Waals surface area contributed by atoms with Crippen LogP contribution in [0.2, 0.25) is 0 Å². The second-order valence-electron chi connectivity index (χ2n) is 4.60. The van der Waals surface area contributed by atoms with Crippen LogP contribution in [-0.2, 0) is 11.3 Å². The molecule has 1 aromatic carbocycles. The largest absolute Gasteiger partial charge is 0.377 e. The van der Waals surface area contributed by atoms with Gasteiger partial charge in [-0.2, -0.15) is 15.4 Å². The van der Waals surface area contributed by atoms with Crippen LogP contribution in [-0.4, -0.2) is 27.9 Å². The number of carbonyl (C=O) groups is 1. The molecule has 0 spiro atoms. The zero-order valence-corrected chi connectivity index (χ0v) is 11.7. The molecule has 112 valence electrons. The Morgan fingerprint density at radius 1 is 1.43 bits per heavy atom. The van der Waals surface area contributed by atoms with E-state index in [1.165, 1.54) is 6.07 Å². The number of nitrogens with two attached hydrogens (primary N) is 1. The second kappa shape index (κ2) is 6.94. The molecular formula is C14H17FN4O2. The van der Waals surface area contributed by atoms with E-state index in [0.29, 0.717) is 17.7 Å². The molecule has 0 radical (unpaired) electrons. The molecule has 0 bridgehead atoms. The number of aromatic amines is 1. The molecule has 0 atom stereocenters. The minimum Gasteiger partial charge on any atom is -0.377 e. The van der Waals surface area contributed by atoms with E-state index in [1.807, 2.05) is 0 Å². The molecule has 7 heteroatoms. The van der Waals surface area contributed by atoms with Crippen molar-refractivity contribution in [3.05, 3.63) is 35.3 Å². The third-order valence-corrected chi connectivity index (χ3v) is 3.01. The van der Waals surface area contributed by atoms with E-state index >= 15 is 0 Å². The van der Waals surface area contributed by atoms with Crippen LogP contribution in [0.25, 0.3) is 11.3 Å². The Hall–Kier alpha value is -2.28. The molecular weight excluding hydrogens is 275 g/mol. The molecule has 0 aliphatic heterocycles. The topological polar surface area (TPSA) is 93.9 Å². The highest BCUT2D eigenvalue weighted by Gasteiger charge is 2.16. The molecule has 1 aromatic heterocycles. The van der Waals surface area contributed by atoms with Gasteiger partial charge < -0.3 is 10.5 Å². The fraction of sp³-hybridized carbons (Fsp3) is 0.357. The van der Waals surface area contributed by atoms with Crippen LogP contribution in [0.5, 0.6) is 0 Å². The highest BCUT2D eigenvalue weighted by atomic mass is 19.1. The van der Waals surface area contributed by atoms with Gasteiger partial charge in [-0.25, -0.2) is 4.39 Å². The van der Waals surface area contributed by atoms with Gasteiger partial charge in [0.15, 0.2) is 5.69 Å². The molecule has 21 heavy (non-hydrogen) atoms. The van der Waals surface area contributed by atoms with Crippen LogP contribution in [0.15, 0.2) is 18.2 Å². The number of H-pyrrole nitrogens is 1. The molecule has 0 aliphatic carbocycles. The fourth-order valence-corrected chi connectivity index (χ4v) is 1.84. The zero-order valence-electron chi connectivity index (χ0n) is 11.7. The summed E-state index contributed by atoms with van der Waals surface area (Å²) in [7, 11) is 0. The normalized spacial score (nSPS) is 10.8. The first-order chi connectivity index (χ1) is 10.1. The van der Waals surface area contributed by atoms with Gasteiger partial charge in [-0.15, -0.1) is 0 Å². The van der Waals surface area contributed by atoms with E-state index in [4.69, 9.17) is 10.5 Å². The number of carbonyl (C=O) groups excluding carboxylic acids is 1. The molecule has 0 saturated heterocycles. The Morgan fingerprint density at radius 3 is 2.90 bits per heavy atom. The lowest BCUT2D eigenvalue weighted by Crippen LogP contribution is -2.12. The third kappa shape index (κ3) is 3.63. The van der Waals surface area contributed by atoms with Gasteiger partial charge in [-0.05, 0) is 12.5 Å². The summed E-state index contributed by atoms with van der Waals surface area (Å²) in [6.07, 6.45) is 1.98. The molecule has 0 fully saturated rings. The molecule has 2 aromatic rings. The first kappa shape index (κ1) is 15.1. The zero-order chi connectivity index (χ0) is 15.2. The summed E-state index contributed by atoms with van der Waals surface area (Å²) in [6, 6.07) is 4.56. The second-order valence-corrected chi connectivity index (χ2v) is 4.60. The van der Waals surface area contributed by atoms with E-state index in [1.54, 1.807) is 12.1 Å². The minimum absolute atomic E-state index is 0.0126. The van der Waals surface area contributed by atoms with Crippen LogP contribution >= 0.6 is 0 Å². The predicted molar refractivity (Wildman–Crippen MR) is 74.9 cm³/mol. The van der Waals surface area contributed by atoms with Crippen molar-refractivity contribution in [2.75, 3.05) is 6.61 Å². The van der Waals surface area contributed by atoms with Crippen LogP contribution in [0.1, 0.15) is 35.8 Å². The lowest BCUT2D eigenvalue weighted by Gasteiger charge is -2.06. The lowest BCUT2D eigenvalue weighted by molar-refractivity contribution is 0.0996. The van der Waals surface area contributed by atoms with Gasteiger partial charge >= 0.3 is 0 Å². The molecule has 1 amide bonds. The van der Waals surface area contributed by atoms with Crippen LogP contribution in [0.4, 0.5) is 4.39 Å². The molecule has 2 rings (SSSR count). The van der Waals surface area contributed by atoms with Crippen molar-refractivity contribution in [1.82, 2.24) is 15.4 Å². The summed E-state index contributed by atoms with van der Waals surface area (Å²) in [6.45, 7) is 2.88. The van der Waals surface area contributed by atoms with E-state index < -0.39 is 11.7 Å². The smallest absolute Gasteiger partial charge is 0.271 e. The Morgan fingerprint density at radius 2 is 2.24 bits per heavy atom. The molecule has 1 heterocycles. The third-order valence-electron chi connectivity index (χ3n) is 3.01. The average Bonchev–Trinajstić information content (AvgIpc) is 2.94. The molecule has 0 saturated carbocycles. The van der Waals surface area contributed by atoms with Crippen molar-refractivity contribution < 1.29 is 13.9 Å². The Bertz CT molecular complexity index is 627. The molecule has 6 nitrogen and oxygen atoms in total. The predicted octanol–water partition coefficient (Wildman–Crippen LogP) is 2.03. The number of nitrogens with one attached hydrogen (secondary N) is 1. The number of nitrogens with zero attached hydrogens (tertiary/aromatic N) is 2. The number of amides is 1. The van der Waals surface area contributed by atoms with Gasteiger partial charge in [0, 0.05) is 17.7 Å². The van der Waals surface area contributed by atoms with Crippen LogP contribution in [0.3, 0.4) is 0 Å². The van der Waals surface area contributed by atoms with Crippen molar-refractivity contribution in [2.45, 2.75) is 26.4 Å². The summed E-state index contributed by atoms with van der Waals surface area (Å²) < 4.78 is 19.4. The number of halogens is 1. The van der Waals surface area contributed by atoms with E-state index in [0.717, 1.165) is 12.8 Å². The summed E-state index contributed by atoms with van der Waals surface area (Å²) >= 11 is 0. The van der Waals surface area contributed by atoms with E-state index in [-0.39, 0.29) is 18.0 Å². The molecule has 0 aliphatic rings. The van der Waals surface area contributed by atoms with Gasteiger partial charge in [0.2, 0.25) is 0 Å². The number of hydrogen-bond donors (Lipinski definition) is 2. The Balaban J connectivity index is 2.15. The Kier molecular flexibility index (Phi) is 4.99. The Labute approximate surface area is 121 Å². The summed E-state index contributed by atoms with van der Waals surface area (Å²) in [5.41, 5.74) is 6.30. The maximum absolute atomic E-state index is 14.0. The maximum Gasteiger partial charge on any atom is 0.271 e. The molecule has 3 N–H and O–H groups in total. The minimum atomic E-state index is -0.717. The number of ether oxygens (including phenoxy) is 1. The van der Waals surface area contributed by atoms with Crippen molar-refractivity contribution in [3.8, 4) is 11.3 Å². The number of rotatable bonds is 7. The first-order valence-electron chi connectivity index (χ1n) is 6.70. The summed E-state index contributed by atoms with van der Waals surface area (Å²) in [5, 5.41) is 9.80. The van der Waals surface area contributed by atoms with Crippen molar-refractivity contribution in [3.63, 3.8) is 0 Å². The monoisotopic (exact) mass is 292 g/mol. The van der Waals surface area contributed by atoms with Crippen molar-refractivity contribution >= 4 is 5.91 Å². The molecule has 0 unspecified atom stereocenters. The lowest BCUT2D eigenvalue weighted by atomic mass is 10.1. The number of hydrogen-bond acceptors (Lipinski definition) is 4. The van der Waals surface area contributed by atoms with E-state index in [2.05, 4.69) is 22.3 Å². The average molecular weight is 292 g/mol. The van der Waals surface area contributed by atoms with Crippen LogP contribution in [0, 0.1) is 5.82 Å². The van der Waals surface area contributed by atoms with Gasteiger partial charge in [0.05, 0.1) is 6.61 Å². The van der Waals surface area contributed by atoms with E-state index in [9.17, 15) is 9.18 Å². The van der Waals surface area contributed by atoms with Gasteiger partial charge in [0.25, 0.3) is 5.91 Å². The fourth-order valence-electron chi connectivity index (χ4n) is 1.84. The number of benzene rings is 1. The van der Waals surface area contributed by atoms with Crippen molar-refractivity contribution in [1.29, 1.82) is 0 Å². The maximum atomic E-state index is 14.0. The highest BCUT2D eigenvalue weighted by molar-refractivity contribution is 5.96. The van der Waals surface area contributed by atoms with Gasteiger partial charge in [-0.1, -0.05) is 25.5 Å². The summed E-state index contributed by atoms with van der Waals surface area (Å²) in [5.74, 6) is -1.13. The first-order valence-corrected chi connectivity index (χ1v) is 6.70.